The highest BCUT2D eigenvalue weighted by Crippen LogP contribution is 2.60. The average molecular weight is 747 g/mol. The average Bonchev–Trinajstić information content (AvgIpc) is 3.86. The van der Waals surface area contributed by atoms with Gasteiger partial charge in [0.25, 0.3) is 0 Å². The molecule has 9 aromatic rings. The molecule has 1 spiro atoms. The summed E-state index contributed by atoms with van der Waals surface area (Å²) in [6, 6.07) is 57.7. The third kappa shape index (κ3) is 4.86. The van der Waals surface area contributed by atoms with Crippen LogP contribution in [0.15, 0.2) is 162 Å². The van der Waals surface area contributed by atoms with E-state index in [2.05, 4.69) is 147 Å². The lowest BCUT2D eigenvalue weighted by molar-refractivity contribution is 0.353. The van der Waals surface area contributed by atoms with E-state index in [4.69, 9.17) is 14.4 Å². The summed E-state index contributed by atoms with van der Waals surface area (Å²) in [4.78, 5) is 10.2. The van der Waals surface area contributed by atoms with Gasteiger partial charge < -0.3 is 4.42 Å². The van der Waals surface area contributed by atoms with Gasteiger partial charge in [-0.3, -0.25) is 0 Å². The van der Waals surface area contributed by atoms with Crippen molar-refractivity contribution in [1.82, 2.24) is 9.97 Å². The van der Waals surface area contributed by atoms with Crippen LogP contribution in [-0.4, -0.2) is 9.97 Å². The minimum Gasteiger partial charge on any atom is -0.438 e. The van der Waals surface area contributed by atoms with Crippen LogP contribution in [0.4, 0.5) is 0 Å². The van der Waals surface area contributed by atoms with Crippen molar-refractivity contribution in [3.05, 3.63) is 180 Å². The molecule has 58 heavy (non-hydrogen) atoms. The zero-order chi connectivity index (χ0) is 38.6. The first-order chi connectivity index (χ1) is 28.5. The monoisotopic (exact) mass is 746 g/mol. The molecule has 3 aliphatic carbocycles. The number of hydrogen-bond donors (Lipinski definition) is 0. The first-order valence-electron chi connectivity index (χ1n) is 20.9. The van der Waals surface area contributed by atoms with Crippen LogP contribution in [0.25, 0.3) is 89.2 Å². The SMILES string of the molecule is CC1(C)c2ccccc2-c2cc3c(cc21)-c1cc(-c2ccc(-c4cccc(-c5nc(-c6ccccc6)c6c(n5)oc5ccccc56)c4)cc2)ccc1C31CCCCC1. The van der Waals surface area contributed by atoms with Gasteiger partial charge in [0.2, 0.25) is 5.71 Å². The first-order valence-corrected chi connectivity index (χ1v) is 20.9. The Morgan fingerprint density at radius 2 is 1.09 bits per heavy atom. The van der Waals surface area contributed by atoms with E-state index in [0.717, 1.165) is 44.3 Å². The lowest BCUT2D eigenvalue weighted by atomic mass is 9.67. The van der Waals surface area contributed by atoms with Gasteiger partial charge in [0.05, 0.1) is 11.1 Å². The minimum absolute atomic E-state index is 0.0231. The fourth-order valence-electron chi connectivity index (χ4n) is 10.8. The highest BCUT2D eigenvalue weighted by Gasteiger charge is 2.46. The third-order valence-corrected chi connectivity index (χ3v) is 13.7. The standard InChI is InChI=1S/C55H42N2O/c1-54(2)45-20-9-7-18-40(45)43-33-48-44(32-47(43)54)42-31-38(26-27-46(42)55(48)28-11-4-12-29-55)35-24-22-34(23-25-35)37-16-13-17-39(30-37)52-56-51(36-14-5-3-6-15-36)50-41-19-8-10-21-49(41)58-53(50)57-52/h3,5-10,13-27,30-33H,4,11-12,28-29H2,1-2H3. The summed E-state index contributed by atoms with van der Waals surface area (Å²) in [5.74, 6) is 0.649. The van der Waals surface area contributed by atoms with Crippen LogP contribution in [0.3, 0.4) is 0 Å². The van der Waals surface area contributed by atoms with Crippen LogP contribution < -0.4 is 0 Å². The maximum Gasteiger partial charge on any atom is 0.231 e. The molecule has 7 aromatic carbocycles. The zero-order valence-electron chi connectivity index (χ0n) is 32.8. The summed E-state index contributed by atoms with van der Waals surface area (Å²) >= 11 is 0. The molecule has 3 aliphatic rings. The van der Waals surface area contributed by atoms with Crippen LogP contribution in [0.1, 0.15) is 68.2 Å². The normalized spacial score (nSPS) is 15.7. The van der Waals surface area contributed by atoms with Crippen molar-refractivity contribution < 1.29 is 4.42 Å². The van der Waals surface area contributed by atoms with E-state index >= 15 is 0 Å². The van der Waals surface area contributed by atoms with Crippen molar-refractivity contribution in [2.24, 2.45) is 0 Å². The third-order valence-electron chi connectivity index (χ3n) is 13.7. The van der Waals surface area contributed by atoms with Crippen LogP contribution in [0, 0.1) is 0 Å². The Bertz CT molecular complexity index is 3110. The Morgan fingerprint density at radius 3 is 1.91 bits per heavy atom. The van der Waals surface area contributed by atoms with Gasteiger partial charge in [-0.1, -0.05) is 161 Å². The first kappa shape index (κ1) is 33.5. The molecule has 0 atom stereocenters. The fourth-order valence-corrected chi connectivity index (χ4v) is 10.8. The van der Waals surface area contributed by atoms with Gasteiger partial charge in [-0.15, -0.1) is 0 Å². The summed E-state index contributed by atoms with van der Waals surface area (Å²) in [5, 5.41) is 1.97. The quantitative estimate of drug-likeness (QED) is 0.180. The molecule has 0 bridgehead atoms. The van der Waals surface area contributed by atoms with Crippen LogP contribution in [-0.2, 0) is 10.8 Å². The number of nitrogens with zero attached hydrogens (tertiary/aromatic N) is 2. The predicted octanol–water partition coefficient (Wildman–Crippen LogP) is 14.6. The molecule has 0 aliphatic heterocycles. The molecular weight excluding hydrogens is 705 g/mol. The van der Waals surface area contributed by atoms with Crippen molar-refractivity contribution in [3.8, 4) is 67.2 Å². The molecule has 278 valence electrons. The Kier molecular flexibility index (Phi) is 7.21. The molecule has 0 saturated heterocycles. The van der Waals surface area contributed by atoms with Crippen molar-refractivity contribution in [2.45, 2.75) is 56.8 Å². The van der Waals surface area contributed by atoms with E-state index in [-0.39, 0.29) is 10.8 Å². The Hall–Kier alpha value is -6.58. The lowest BCUT2D eigenvalue weighted by Gasteiger charge is -2.36. The summed E-state index contributed by atoms with van der Waals surface area (Å²) in [6.07, 6.45) is 6.37. The lowest BCUT2D eigenvalue weighted by Crippen LogP contribution is -2.28. The number of benzene rings is 7. The van der Waals surface area contributed by atoms with E-state index in [1.807, 2.05) is 24.3 Å². The molecule has 3 heteroatoms. The molecule has 0 radical (unpaired) electrons. The highest BCUT2D eigenvalue weighted by atomic mass is 16.3. The van der Waals surface area contributed by atoms with E-state index < -0.39 is 0 Å². The zero-order valence-corrected chi connectivity index (χ0v) is 32.8. The topological polar surface area (TPSA) is 38.9 Å². The number of furan rings is 1. The summed E-state index contributed by atoms with van der Waals surface area (Å²) < 4.78 is 6.32. The van der Waals surface area contributed by atoms with Crippen molar-refractivity contribution in [1.29, 1.82) is 0 Å². The van der Waals surface area contributed by atoms with E-state index in [1.54, 1.807) is 5.56 Å². The Labute approximate surface area is 339 Å². The summed E-state index contributed by atoms with van der Waals surface area (Å²) in [7, 11) is 0. The number of fused-ring (bicyclic) bond motifs is 11. The maximum atomic E-state index is 6.32. The largest absolute Gasteiger partial charge is 0.438 e. The highest BCUT2D eigenvalue weighted by molar-refractivity contribution is 6.10. The van der Waals surface area contributed by atoms with Gasteiger partial charge in [0.1, 0.15) is 5.58 Å². The maximum absolute atomic E-state index is 6.32. The van der Waals surface area contributed by atoms with E-state index in [9.17, 15) is 0 Å². The number of hydrogen-bond acceptors (Lipinski definition) is 3. The van der Waals surface area contributed by atoms with Crippen LogP contribution in [0.5, 0.6) is 0 Å². The molecule has 0 N–H and O–H groups in total. The van der Waals surface area contributed by atoms with Gasteiger partial charge in [-0.2, -0.15) is 4.98 Å². The minimum atomic E-state index is -0.0231. The molecule has 2 heterocycles. The van der Waals surface area contributed by atoms with E-state index in [0.29, 0.717) is 11.5 Å². The van der Waals surface area contributed by atoms with Gasteiger partial charge in [0, 0.05) is 27.3 Å². The molecule has 12 rings (SSSR count). The summed E-state index contributed by atoms with van der Waals surface area (Å²) in [5.41, 5.74) is 20.9. The van der Waals surface area contributed by atoms with Crippen molar-refractivity contribution >= 4 is 22.1 Å². The number of para-hydroxylation sites is 1. The van der Waals surface area contributed by atoms with Gasteiger partial charge in [0.15, 0.2) is 5.82 Å². The molecule has 2 aromatic heterocycles. The number of aromatic nitrogens is 2. The second-order valence-electron chi connectivity index (χ2n) is 17.2. The number of rotatable bonds is 4. The molecule has 1 fully saturated rings. The molecule has 0 unspecified atom stereocenters. The molecular formula is C55H42N2O. The fraction of sp³-hybridized carbons (Fsp3) is 0.164. The van der Waals surface area contributed by atoms with E-state index in [1.165, 1.54) is 82.2 Å². The predicted molar refractivity (Wildman–Crippen MR) is 238 cm³/mol. The summed E-state index contributed by atoms with van der Waals surface area (Å²) in [6.45, 7) is 4.80. The second-order valence-corrected chi connectivity index (χ2v) is 17.2. The van der Waals surface area contributed by atoms with Gasteiger partial charge in [-0.05, 0) is 110 Å². The van der Waals surface area contributed by atoms with Gasteiger partial charge >= 0.3 is 0 Å². The second kappa shape index (κ2) is 12.5. The molecule has 3 nitrogen and oxygen atoms in total. The molecule has 1 saturated carbocycles. The smallest absolute Gasteiger partial charge is 0.231 e. The van der Waals surface area contributed by atoms with Gasteiger partial charge in [-0.25, -0.2) is 4.98 Å². The Balaban J connectivity index is 0.916. The van der Waals surface area contributed by atoms with Crippen molar-refractivity contribution in [3.63, 3.8) is 0 Å². The van der Waals surface area contributed by atoms with Crippen molar-refractivity contribution in [2.75, 3.05) is 0 Å². The Morgan fingerprint density at radius 1 is 0.448 bits per heavy atom. The van der Waals surface area contributed by atoms with Crippen LogP contribution in [0.2, 0.25) is 0 Å². The van der Waals surface area contributed by atoms with Crippen LogP contribution >= 0.6 is 0 Å². The molecule has 0 amide bonds.